The minimum absolute atomic E-state index is 0.204. The van der Waals surface area contributed by atoms with Gasteiger partial charge >= 0.3 is 5.97 Å². The SMILES string of the molecule is CCOC(=O)C(Sc1nc(C)ccc1C#N)C(C)=O. The molecule has 0 fully saturated rings. The van der Waals surface area contributed by atoms with Gasteiger partial charge in [-0.15, -0.1) is 0 Å². The van der Waals surface area contributed by atoms with Crippen molar-refractivity contribution in [2.45, 2.75) is 31.0 Å². The number of ketones is 1. The molecule has 0 spiro atoms. The molecular weight excluding hydrogens is 264 g/mol. The highest BCUT2D eigenvalue weighted by Crippen LogP contribution is 2.26. The quantitative estimate of drug-likeness (QED) is 0.465. The Morgan fingerprint density at radius 3 is 2.74 bits per heavy atom. The zero-order valence-corrected chi connectivity index (χ0v) is 11.8. The predicted octanol–water partition coefficient (Wildman–Crippen LogP) is 1.87. The van der Waals surface area contributed by atoms with Gasteiger partial charge in [-0.05, 0) is 32.9 Å². The van der Waals surface area contributed by atoms with Crippen LogP contribution in [0.25, 0.3) is 0 Å². The summed E-state index contributed by atoms with van der Waals surface area (Å²) >= 11 is 0.953. The van der Waals surface area contributed by atoms with E-state index >= 15 is 0 Å². The Balaban J connectivity index is 3.03. The molecule has 1 rings (SSSR count). The molecule has 0 radical (unpaired) electrons. The molecule has 6 heteroatoms. The van der Waals surface area contributed by atoms with Crippen molar-refractivity contribution in [3.8, 4) is 6.07 Å². The zero-order chi connectivity index (χ0) is 14.4. The second-order valence-electron chi connectivity index (χ2n) is 3.78. The van der Waals surface area contributed by atoms with Crippen LogP contribution in [-0.2, 0) is 14.3 Å². The maximum Gasteiger partial charge on any atom is 0.327 e. The third-order valence-corrected chi connectivity index (χ3v) is 3.51. The van der Waals surface area contributed by atoms with Crippen LogP contribution in [0.1, 0.15) is 25.1 Å². The van der Waals surface area contributed by atoms with Gasteiger partial charge in [-0.1, -0.05) is 11.8 Å². The van der Waals surface area contributed by atoms with E-state index in [1.165, 1.54) is 6.92 Å². The molecule has 0 aliphatic rings. The van der Waals surface area contributed by atoms with E-state index in [1.54, 1.807) is 26.0 Å². The molecule has 1 aromatic rings. The molecule has 0 saturated heterocycles. The Hall–Kier alpha value is -1.87. The van der Waals surface area contributed by atoms with E-state index in [4.69, 9.17) is 10.00 Å². The number of ether oxygens (including phenoxy) is 1. The summed E-state index contributed by atoms with van der Waals surface area (Å²) in [5.74, 6) is -0.928. The second kappa shape index (κ2) is 6.90. The fourth-order valence-electron chi connectivity index (χ4n) is 1.33. The van der Waals surface area contributed by atoms with Crippen LogP contribution in [0.15, 0.2) is 17.2 Å². The monoisotopic (exact) mass is 278 g/mol. The number of pyridine rings is 1. The standard InChI is InChI=1S/C13H14N2O3S/c1-4-18-13(17)11(9(3)16)19-12-10(7-14)6-5-8(2)15-12/h5-6,11H,4H2,1-3H3. The number of rotatable bonds is 5. The van der Waals surface area contributed by atoms with Crippen molar-refractivity contribution in [2.75, 3.05) is 6.61 Å². The normalized spacial score (nSPS) is 11.5. The van der Waals surface area contributed by atoms with E-state index in [0.717, 1.165) is 11.8 Å². The molecule has 0 bridgehead atoms. The van der Waals surface area contributed by atoms with Gasteiger partial charge in [0.25, 0.3) is 0 Å². The van der Waals surface area contributed by atoms with E-state index in [2.05, 4.69) is 4.98 Å². The largest absolute Gasteiger partial charge is 0.465 e. The summed E-state index contributed by atoms with van der Waals surface area (Å²) in [6, 6.07) is 5.31. The van der Waals surface area contributed by atoms with E-state index in [9.17, 15) is 9.59 Å². The van der Waals surface area contributed by atoms with Crippen LogP contribution in [0.5, 0.6) is 0 Å². The lowest BCUT2D eigenvalue weighted by molar-refractivity contribution is -0.144. The molecule has 19 heavy (non-hydrogen) atoms. The Morgan fingerprint density at radius 2 is 2.21 bits per heavy atom. The van der Waals surface area contributed by atoms with Gasteiger partial charge in [-0.3, -0.25) is 9.59 Å². The number of Topliss-reactive ketones (excluding diaryl/α,β-unsaturated/α-hetero) is 1. The van der Waals surface area contributed by atoms with Crippen molar-refractivity contribution in [1.29, 1.82) is 5.26 Å². The number of nitriles is 1. The maximum absolute atomic E-state index is 11.7. The molecule has 0 amide bonds. The van der Waals surface area contributed by atoms with Crippen molar-refractivity contribution >= 4 is 23.5 Å². The van der Waals surface area contributed by atoms with E-state index in [0.29, 0.717) is 16.3 Å². The van der Waals surface area contributed by atoms with Crippen molar-refractivity contribution in [2.24, 2.45) is 0 Å². The third kappa shape index (κ3) is 4.07. The van der Waals surface area contributed by atoms with Gasteiger partial charge in [-0.2, -0.15) is 5.26 Å². The Bertz CT molecular complexity index is 537. The summed E-state index contributed by atoms with van der Waals surface area (Å²) in [5.41, 5.74) is 1.05. The number of aromatic nitrogens is 1. The first-order chi connectivity index (χ1) is 8.99. The fourth-order valence-corrected chi connectivity index (χ4v) is 2.33. The van der Waals surface area contributed by atoms with E-state index < -0.39 is 11.2 Å². The molecule has 1 unspecified atom stereocenters. The van der Waals surface area contributed by atoms with Crippen LogP contribution >= 0.6 is 11.8 Å². The average Bonchev–Trinajstić information content (AvgIpc) is 2.36. The molecule has 0 N–H and O–H groups in total. The summed E-state index contributed by atoms with van der Waals surface area (Å²) in [5, 5.41) is 8.38. The third-order valence-electron chi connectivity index (χ3n) is 2.22. The first-order valence-corrected chi connectivity index (χ1v) is 6.59. The lowest BCUT2D eigenvalue weighted by atomic mass is 10.3. The minimum atomic E-state index is -0.985. The molecule has 0 saturated carbocycles. The first-order valence-electron chi connectivity index (χ1n) is 5.71. The van der Waals surface area contributed by atoms with Gasteiger partial charge in [0.15, 0.2) is 11.0 Å². The molecule has 1 atom stereocenters. The Kier molecular flexibility index (Phi) is 5.52. The topological polar surface area (TPSA) is 80.0 Å². The van der Waals surface area contributed by atoms with E-state index in [1.807, 2.05) is 6.07 Å². The highest BCUT2D eigenvalue weighted by atomic mass is 32.2. The second-order valence-corrected chi connectivity index (χ2v) is 4.87. The van der Waals surface area contributed by atoms with Gasteiger partial charge in [0, 0.05) is 5.69 Å². The average molecular weight is 278 g/mol. The summed E-state index contributed by atoms with van der Waals surface area (Å²) in [7, 11) is 0. The number of esters is 1. The zero-order valence-electron chi connectivity index (χ0n) is 11.0. The van der Waals surface area contributed by atoms with Crippen LogP contribution in [0.3, 0.4) is 0 Å². The van der Waals surface area contributed by atoms with Gasteiger partial charge in [0.05, 0.1) is 12.2 Å². The lowest BCUT2D eigenvalue weighted by Gasteiger charge is -2.12. The number of hydrogen-bond acceptors (Lipinski definition) is 6. The van der Waals surface area contributed by atoms with Crippen LogP contribution in [0.2, 0.25) is 0 Å². The Labute approximate surface area is 116 Å². The lowest BCUT2D eigenvalue weighted by Crippen LogP contribution is -2.27. The number of thioether (sulfide) groups is 1. The highest BCUT2D eigenvalue weighted by molar-refractivity contribution is 8.01. The highest BCUT2D eigenvalue weighted by Gasteiger charge is 2.27. The molecule has 1 heterocycles. The van der Waals surface area contributed by atoms with Crippen molar-refractivity contribution in [3.05, 3.63) is 23.4 Å². The molecule has 0 aromatic carbocycles. The van der Waals surface area contributed by atoms with Gasteiger partial charge in [0.2, 0.25) is 0 Å². The molecular formula is C13H14N2O3S. The summed E-state index contributed by atoms with van der Waals surface area (Å²) in [6.45, 7) is 4.97. The van der Waals surface area contributed by atoms with Crippen LogP contribution < -0.4 is 0 Å². The fraction of sp³-hybridized carbons (Fsp3) is 0.385. The number of carbonyl (C=O) groups is 2. The number of aryl methyl sites for hydroxylation is 1. The van der Waals surface area contributed by atoms with Gasteiger partial charge in [0.1, 0.15) is 11.1 Å². The number of nitrogens with zero attached hydrogens (tertiary/aromatic N) is 2. The summed E-state index contributed by atoms with van der Waals surface area (Å²) in [4.78, 5) is 27.4. The maximum atomic E-state index is 11.7. The minimum Gasteiger partial charge on any atom is -0.465 e. The molecule has 100 valence electrons. The summed E-state index contributed by atoms with van der Waals surface area (Å²) in [6.07, 6.45) is 0. The summed E-state index contributed by atoms with van der Waals surface area (Å²) < 4.78 is 4.85. The van der Waals surface area contributed by atoms with Gasteiger partial charge in [-0.25, -0.2) is 4.98 Å². The Morgan fingerprint density at radius 1 is 1.53 bits per heavy atom. The predicted molar refractivity (Wildman–Crippen MR) is 70.6 cm³/mol. The van der Waals surface area contributed by atoms with Crippen LogP contribution in [0.4, 0.5) is 0 Å². The van der Waals surface area contributed by atoms with E-state index in [-0.39, 0.29) is 12.4 Å². The molecule has 0 aliphatic heterocycles. The van der Waals surface area contributed by atoms with Crippen LogP contribution in [-0.4, -0.2) is 28.6 Å². The van der Waals surface area contributed by atoms with Crippen molar-refractivity contribution < 1.29 is 14.3 Å². The smallest absolute Gasteiger partial charge is 0.327 e. The number of hydrogen-bond donors (Lipinski definition) is 0. The van der Waals surface area contributed by atoms with Crippen molar-refractivity contribution in [3.63, 3.8) is 0 Å². The van der Waals surface area contributed by atoms with Gasteiger partial charge < -0.3 is 4.74 Å². The first kappa shape index (κ1) is 15.2. The molecule has 5 nitrogen and oxygen atoms in total. The molecule has 0 aliphatic carbocycles. The van der Waals surface area contributed by atoms with Crippen molar-refractivity contribution in [1.82, 2.24) is 4.98 Å². The number of carbonyl (C=O) groups excluding carboxylic acids is 2. The van der Waals surface area contributed by atoms with Crippen LogP contribution in [0, 0.1) is 18.3 Å². The molecule has 1 aromatic heterocycles.